The third-order valence-electron chi connectivity index (χ3n) is 4.50. The van der Waals surface area contributed by atoms with Crippen molar-refractivity contribution in [1.82, 2.24) is 20.1 Å². The van der Waals surface area contributed by atoms with Crippen LogP contribution in [0.2, 0.25) is 0 Å². The van der Waals surface area contributed by atoms with E-state index in [4.69, 9.17) is 4.74 Å². The van der Waals surface area contributed by atoms with Gasteiger partial charge in [-0.05, 0) is 44.6 Å². The molecule has 0 radical (unpaired) electrons. The first kappa shape index (κ1) is 14.0. The summed E-state index contributed by atoms with van der Waals surface area (Å²) in [5.41, 5.74) is 0.172. The standard InChI is InChI=1S/C15H26N4O/c1-12(2)9-16-10-14-17-11-19(18-14)13-4-7-20-15(8-13)5-3-6-15/h11-13,16H,3-10H2,1-2H3. The van der Waals surface area contributed by atoms with Crippen molar-refractivity contribution in [2.75, 3.05) is 13.2 Å². The third kappa shape index (κ3) is 3.04. The van der Waals surface area contributed by atoms with E-state index in [9.17, 15) is 0 Å². The molecular weight excluding hydrogens is 252 g/mol. The van der Waals surface area contributed by atoms with Gasteiger partial charge in [0, 0.05) is 6.61 Å². The molecule has 1 saturated heterocycles. The Morgan fingerprint density at radius 3 is 3.05 bits per heavy atom. The van der Waals surface area contributed by atoms with Crippen LogP contribution < -0.4 is 5.32 Å². The molecular formula is C15H26N4O. The highest BCUT2D eigenvalue weighted by molar-refractivity contribution is 4.96. The van der Waals surface area contributed by atoms with Crippen LogP contribution in [0.1, 0.15) is 57.8 Å². The van der Waals surface area contributed by atoms with Crippen LogP contribution in [0.3, 0.4) is 0 Å². The van der Waals surface area contributed by atoms with Gasteiger partial charge in [-0.2, -0.15) is 5.10 Å². The summed E-state index contributed by atoms with van der Waals surface area (Å²) in [6.45, 7) is 7.05. The van der Waals surface area contributed by atoms with Gasteiger partial charge in [0.1, 0.15) is 6.33 Å². The van der Waals surface area contributed by atoms with Gasteiger partial charge in [-0.3, -0.25) is 0 Å². The lowest BCUT2D eigenvalue weighted by Crippen LogP contribution is -2.46. The van der Waals surface area contributed by atoms with Crippen LogP contribution in [0, 0.1) is 5.92 Å². The maximum absolute atomic E-state index is 5.98. The zero-order valence-corrected chi connectivity index (χ0v) is 12.6. The largest absolute Gasteiger partial charge is 0.375 e. The molecule has 2 heterocycles. The zero-order valence-electron chi connectivity index (χ0n) is 12.6. The van der Waals surface area contributed by atoms with E-state index in [1.165, 1.54) is 19.3 Å². The first-order valence-corrected chi connectivity index (χ1v) is 7.92. The van der Waals surface area contributed by atoms with Gasteiger partial charge >= 0.3 is 0 Å². The molecule has 112 valence electrons. The predicted octanol–water partition coefficient (Wildman–Crippen LogP) is 2.30. The fourth-order valence-electron chi connectivity index (χ4n) is 3.19. The molecule has 1 spiro atoms. The van der Waals surface area contributed by atoms with E-state index in [0.29, 0.717) is 12.0 Å². The summed E-state index contributed by atoms with van der Waals surface area (Å²) >= 11 is 0. The number of ether oxygens (including phenoxy) is 1. The highest BCUT2D eigenvalue weighted by atomic mass is 16.5. The van der Waals surface area contributed by atoms with Gasteiger partial charge in [0.15, 0.2) is 5.82 Å². The van der Waals surface area contributed by atoms with Crippen LogP contribution in [0.15, 0.2) is 6.33 Å². The first-order chi connectivity index (χ1) is 9.67. The molecule has 0 amide bonds. The monoisotopic (exact) mass is 278 g/mol. The highest BCUT2D eigenvalue weighted by Gasteiger charge is 2.43. The maximum Gasteiger partial charge on any atom is 0.164 e. The Hall–Kier alpha value is -0.940. The summed E-state index contributed by atoms with van der Waals surface area (Å²) in [5, 5.41) is 8.04. The summed E-state index contributed by atoms with van der Waals surface area (Å²) < 4.78 is 8.04. The van der Waals surface area contributed by atoms with Crippen LogP contribution in [0.5, 0.6) is 0 Å². The van der Waals surface area contributed by atoms with E-state index in [1.54, 1.807) is 0 Å². The Morgan fingerprint density at radius 1 is 1.50 bits per heavy atom. The molecule has 2 aliphatic rings. The molecule has 0 aromatic carbocycles. The molecule has 3 rings (SSSR count). The van der Waals surface area contributed by atoms with Gasteiger partial charge in [-0.15, -0.1) is 0 Å². The van der Waals surface area contributed by atoms with E-state index in [-0.39, 0.29) is 5.60 Å². The van der Waals surface area contributed by atoms with E-state index < -0.39 is 0 Å². The average molecular weight is 278 g/mol. The molecule has 1 aromatic rings. The lowest BCUT2D eigenvalue weighted by Gasteiger charge is -2.47. The van der Waals surface area contributed by atoms with Gasteiger partial charge in [-0.25, -0.2) is 9.67 Å². The number of aromatic nitrogens is 3. The Balaban J connectivity index is 1.56. The van der Waals surface area contributed by atoms with E-state index in [1.807, 2.05) is 6.33 Å². The molecule has 1 unspecified atom stereocenters. The van der Waals surface area contributed by atoms with Gasteiger partial charge < -0.3 is 10.1 Å². The van der Waals surface area contributed by atoms with E-state index in [0.717, 1.165) is 38.4 Å². The van der Waals surface area contributed by atoms with Crippen LogP contribution in [0.4, 0.5) is 0 Å². The molecule has 5 nitrogen and oxygen atoms in total. The molecule has 5 heteroatoms. The normalized spacial score (nSPS) is 25.1. The fraction of sp³-hybridized carbons (Fsp3) is 0.867. The number of hydrogen-bond donors (Lipinski definition) is 1. The SMILES string of the molecule is CC(C)CNCc1ncn(C2CCOC3(CCC3)C2)n1. The summed E-state index contributed by atoms with van der Waals surface area (Å²) in [7, 11) is 0. The predicted molar refractivity (Wildman–Crippen MR) is 77.4 cm³/mol. The summed E-state index contributed by atoms with van der Waals surface area (Å²) in [6.07, 6.45) is 7.82. The maximum atomic E-state index is 5.98. The van der Waals surface area contributed by atoms with Crippen molar-refractivity contribution in [3.05, 3.63) is 12.2 Å². The van der Waals surface area contributed by atoms with Gasteiger partial charge in [0.2, 0.25) is 0 Å². The molecule has 2 fully saturated rings. The smallest absolute Gasteiger partial charge is 0.164 e. The summed E-state index contributed by atoms with van der Waals surface area (Å²) in [4.78, 5) is 4.43. The topological polar surface area (TPSA) is 52.0 Å². The molecule has 1 aliphatic carbocycles. The average Bonchev–Trinajstić information content (AvgIpc) is 2.85. The Morgan fingerprint density at radius 2 is 2.35 bits per heavy atom. The van der Waals surface area contributed by atoms with Crippen LogP contribution >= 0.6 is 0 Å². The molecule has 20 heavy (non-hydrogen) atoms. The minimum absolute atomic E-state index is 0.172. The number of nitrogens with one attached hydrogen (secondary N) is 1. The van der Waals surface area contributed by atoms with Gasteiger partial charge in [0.25, 0.3) is 0 Å². The number of hydrogen-bond acceptors (Lipinski definition) is 4. The second-order valence-electron chi connectivity index (χ2n) is 6.70. The lowest BCUT2D eigenvalue weighted by molar-refractivity contribution is -0.141. The van der Waals surface area contributed by atoms with Crippen LogP contribution in [0.25, 0.3) is 0 Å². The Labute approximate surface area is 121 Å². The first-order valence-electron chi connectivity index (χ1n) is 7.92. The van der Waals surface area contributed by atoms with Crippen LogP contribution in [-0.4, -0.2) is 33.5 Å². The van der Waals surface area contributed by atoms with Crippen molar-refractivity contribution in [2.24, 2.45) is 5.92 Å². The summed E-state index contributed by atoms with van der Waals surface area (Å²) in [6, 6.07) is 0.468. The minimum atomic E-state index is 0.172. The van der Waals surface area contributed by atoms with Crippen molar-refractivity contribution in [1.29, 1.82) is 0 Å². The number of rotatable bonds is 5. The fourth-order valence-corrected chi connectivity index (χ4v) is 3.19. The molecule has 1 atom stereocenters. The molecule has 1 saturated carbocycles. The van der Waals surface area contributed by atoms with Gasteiger partial charge in [-0.1, -0.05) is 13.8 Å². The molecule has 1 N–H and O–H groups in total. The van der Waals surface area contributed by atoms with Crippen molar-refractivity contribution in [2.45, 2.75) is 64.1 Å². The second-order valence-corrected chi connectivity index (χ2v) is 6.70. The van der Waals surface area contributed by atoms with E-state index in [2.05, 4.69) is 33.9 Å². The minimum Gasteiger partial charge on any atom is -0.375 e. The molecule has 1 aliphatic heterocycles. The van der Waals surface area contributed by atoms with Crippen molar-refractivity contribution in [3.8, 4) is 0 Å². The van der Waals surface area contributed by atoms with Crippen molar-refractivity contribution < 1.29 is 4.74 Å². The van der Waals surface area contributed by atoms with Crippen molar-refractivity contribution in [3.63, 3.8) is 0 Å². The zero-order chi connectivity index (χ0) is 14.0. The van der Waals surface area contributed by atoms with E-state index >= 15 is 0 Å². The molecule has 0 bridgehead atoms. The van der Waals surface area contributed by atoms with Crippen molar-refractivity contribution >= 4 is 0 Å². The van der Waals surface area contributed by atoms with Gasteiger partial charge in [0.05, 0.1) is 18.2 Å². The third-order valence-corrected chi connectivity index (χ3v) is 4.50. The summed E-state index contributed by atoms with van der Waals surface area (Å²) in [5.74, 6) is 1.56. The molecule has 1 aromatic heterocycles. The Kier molecular flexibility index (Phi) is 4.08. The van der Waals surface area contributed by atoms with Crippen LogP contribution in [-0.2, 0) is 11.3 Å². The lowest BCUT2D eigenvalue weighted by atomic mass is 9.74. The highest BCUT2D eigenvalue weighted by Crippen LogP contribution is 2.45. The Bertz CT molecular complexity index is 439. The quantitative estimate of drug-likeness (QED) is 0.898. The number of nitrogens with zero attached hydrogens (tertiary/aromatic N) is 3. The second kappa shape index (κ2) is 5.82.